The highest BCUT2D eigenvalue weighted by Gasteiger charge is 2.25. The van der Waals surface area contributed by atoms with Crippen LogP contribution in [0.15, 0.2) is 24.5 Å². The smallest absolute Gasteiger partial charge is 0.339 e. The van der Waals surface area contributed by atoms with E-state index in [9.17, 15) is 23.1 Å². The molecule has 0 radical (unpaired) electrons. The molecule has 1 amide bonds. The van der Waals surface area contributed by atoms with Gasteiger partial charge >= 0.3 is 5.97 Å². The molecule has 0 unspecified atom stereocenters. The number of aromatic carboxylic acids is 1. The summed E-state index contributed by atoms with van der Waals surface area (Å²) in [4.78, 5) is 36.2. The normalized spacial score (nSPS) is 16.9. The van der Waals surface area contributed by atoms with E-state index in [1.807, 2.05) is 0 Å². The SMILES string of the molecule is O=C(NC1CCS(=O)(=O)CC1)c1ccc(-c2cnc3[nH]cc(C(=O)O)c3n2)s1. The molecule has 11 heteroatoms. The molecule has 4 heterocycles. The van der Waals surface area contributed by atoms with Gasteiger partial charge in [-0.05, 0) is 25.0 Å². The average Bonchev–Trinajstić information content (AvgIpc) is 3.29. The Bertz CT molecular complexity index is 1170. The first-order valence-corrected chi connectivity index (χ1v) is 11.1. The predicted molar refractivity (Wildman–Crippen MR) is 103 cm³/mol. The number of hydrogen-bond donors (Lipinski definition) is 3. The summed E-state index contributed by atoms with van der Waals surface area (Å²) in [6.07, 6.45) is 3.69. The molecule has 0 aliphatic carbocycles. The summed E-state index contributed by atoms with van der Waals surface area (Å²) < 4.78 is 23.0. The van der Waals surface area contributed by atoms with Crippen LogP contribution in [0, 0.1) is 0 Å². The standard InChI is InChI=1S/C17H16N4O5S2/c22-16(20-9-3-5-28(25,26)6-4-9)13-2-1-12(27-13)11-8-19-15-14(21-11)10(7-18-15)17(23)24/h1-2,7-9H,3-6H2,(H,18,19)(H,20,22)(H,23,24). The van der Waals surface area contributed by atoms with Gasteiger partial charge in [0, 0.05) is 12.2 Å². The molecule has 146 valence electrons. The van der Waals surface area contributed by atoms with Gasteiger partial charge in [0.25, 0.3) is 5.91 Å². The van der Waals surface area contributed by atoms with Crippen molar-refractivity contribution in [3.8, 4) is 10.6 Å². The average molecular weight is 420 g/mol. The van der Waals surface area contributed by atoms with E-state index in [4.69, 9.17) is 0 Å². The lowest BCUT2D eigenvalue weighted by atomic mass is 10.1. The molecule has 1 aliphatic heterocycles. The van der Waals surface area contributed by atoms with Gasteiger partial charge in [-0.25, -0.2) is 23.2 Å². The van der Waals surface area contributed by atoms with Crippen LogP contribution < -0.4 is 5.32 Å². The second-order valence-electron chi connectivity index (χ2n) is 6.52. The van der Waals surface area contributed by atoms with Gasteiger partial charge in [0.05, 0.1) is 33.2 Å². The van der Waals surface area contributed by atoms with Crippen molar-refractivity contribution in [1.29, 1.82) is 0 Å². The summed E-state index contributed by atoms with van der Waals surface area (Å²) in [6.45, 7) is 0. The Labute approximate surface area is 163 Å². The Morgan fingerprint density at radius 3 is 2.71 bits per heavy atom. The number of rotatable bonds is 4. The molecule has 1 fully saturated rings. The van der Waals surface area contributed by atoms with Crippen LogP contribution in [-0.2, 0) is 9.84 Å². The number of aromatic nitrogens is 3. The highest BCUT2D eigenvalue weighted by molar-refractivity contribution is 7.91. The third-order valence-electron chi connectivity index (χ3n) is 4.58. The number of amides is 1. The van der Waals surface area contributed by atoms with Crippen molar-refractivity contribution in [1.82, 2.24) is 20.3 Å². The second kappa shape index (κ2) is 6.99. The number of sulfone groups is 1. The van der Waals surface area contributed by atoms with Crippen molar-refractivity contribution in [2.24, 2.45) is 0 Å². The van der Waals surface area contributed by atoms with Gasteiger partial charge < -0.3 is 15.4 Å². The Kier molecular flexibility index (Phi) is 4.63. The number of carbonyl (C=O) groups excluding carboxylic acids is 1. The minimum absolute atomic E-state index is 0.0334. The van der Waals surface area contributed by atoms with Crippen molar-refractivity contribution in [3.63, 3.8) is 0 Å². The van der Waals surface area contributed by atoms with Gasteiger partial charge in [-0.1, -0.05) is 0 Å². The minimum Gasteiger partial charge on any atom is -0.478 e. The zero-order valence-corrected chi connectivity index (χ0v) is 16.1. The van der Waals surface area contributed by atoms with E-state index < -0.39 is 15.8 Å². The van der Waals surface area contributed by atoms with Crippen LogP contribution in [0.5, 0.6) is 0 Å². The summed E-state index contributed by atoms with van der Waals surface area (Å²) in [7, 11) is -2.98. The van der Waals surface area contributed by atoms with E-state index >= 15 is 0 Å². The number of thiophene rings is 1. The molecule has 3 aromatic heterocycles. The molecule has 0 spiro atoms. The predicted octanol–water partition coefficient (Wildman–Crippen LogP) is 1.69. The summed E-state index contributed by atoms with van der Waals surface area (Å²) in [5, 5.41) is 12.1. The Morgan fingerprint density at radius 1 is 1.25 bits per heavy atom. The first-order chi connectivity index (χ1) is 13.3. The molecule has 0 aromatic carbocycles. The Hall–Kier alpha value is -2.79. The molecule has 1 aliphatic rings. The fraction of sp³-hybridized carbons (Fsp3) is 0.294. The molecular weight excluding hydrogens is 404 g/mol. The fourth-order valence-corrected chi connectivity index (χ4v) is 5.42. The maximum absolute atomic E-state index is 12.5. The maximum atomic E-state index is 12.5. The van der Waals surface area contributed by atoms with Crippen LogP contribution in [0.3, 0.4) is 0 Å². The van der Waals surface area contributed by atoms with Gasteiger partial charge in [-0.2, -0.15) is 0 Å². The number of aromatic amines is 1. The second-order valence-corrected chi connectivity index (χ2v) is 9.91. The topological polar surface area (TPSA) is 142 Å². The molecule has 4 rings (SSSR count). The Balaban J connectivity index is 1.52. The summed E-state index contributed by atoms with van der Waals surface area (Å²) in [6, 6.07) is 3.24. The molecule has 1 saturated heterocycles. The van der Waals surface area contributed by atoms with Crippen molar-refractivity contribution >= 4 is 44.2 Å². The summed E-state index contributed by atoms with van der Waals surface area (Å²) in [5.41, 5.74) is 1.14. The molecule has 3 aromatic rings. The number of nitrogens with one attached hydrogen (secondary N) is 2. The zero-order valence-electron chi connectivity index (χ0n) is 14.5. The number of fused-ring (bicyclic) bond motifs is 1. The largest absolute Gasteiger partial charge is 0.478 e. The highest BCUT2D eigenvalue weighted by atomic mass is 32.2. The van der Waals surface area contributed by atoms with Gasteiger partial charge in [0.1, 0.15) is 20.9 Å². The number of carboxylic acids is 1. The van der Waals surface area contributed by atoms with E-state index in [0.717, 1.165) is 0 Å². The monoisotopic (exact) mass is 420 g/mol. The van der Waals surface area contributed by atoms with Crippen LogP contribution in [0.1, 0.15) is 32.9 Å². The van der Waals surface area contributed by atoms with Crippen molar-refractivity contribution in [3.05, 3.63) is 35.0 Å². The lowest BCUT2D eigenvalue weighted by Crippen LogP contribution is -2.40. The number of hydrogen-bond acceptors (Lipinski definition) is 7. The van der Waals surface area contributed by atoms with E-state index in [1.165, 1.54) is 23.7 Å². The lowest BCUT2D eigenvalue weighted by Gasteiger charge is -2.22. The molecule has 0 saturated carbocycles. The van der Waals surface area contributed by atoms with E-state index in [2.05, 4.69) is 20.3 Å². The minimum atomic E-state index is -2.98. The van der Waals surface area contributed by atoms with Crippen LogP contribution in [-0.4, -0.2) is 57.9 Å². The maximum Gasteiger partial charge on any atom is 0.339 e. The fourth-order valence-electron chi connectivity index (χ4n) is 3.06. The van der Waals surface area contributed by atoms with Crippen molar-refractivity contribution in [2.75, 3.05) is 11.5 Å². The van der Waals surface area contributed by atoms with Gasteiger partial charge in [-0.15, -0.1) is 11.3 Å². The molecule has 9 nitrogen and oxygen atoms in total. The van der Waals surface area contributed by atoms with Crippen LogP contribution in [0.4, 0.5) is 0 Å². The van der Waals surface area contributed by atoms with Crippen LogP contribution in [0.25, 0.3) is 21.7 Å². The highest BCUT2D eigenvalue weighted by Crippen LogP contribution is 2.28. The van der Waals surface area contributed by atoms with E-state index in [0.29, 0.717) is 33.9 Å². The lowest BCUT2D eigenvalue weighted by molar-refractivity contribution is 0.0698. The first-order valence-electron chi connectivity index (χ1n) is 8.51. The number of carbonyl (C=O) groups is 2. The molecule has 0 bridgehead atoms. The number of carboxylic acid groups (broad SMARTS) is 1. The summed E-state index contributed by atoms with van der Waals surface area (Å²) in [5.74, 6) is -1.18. The van der Waals surface area contributed by atoms with E-state index in [1.54, 1.807) is 12.1 Å². The van der Waals surface area contributed by atoms with Gasteiger partial charge in [0.2, 0.25) is 0 Å². The Morgan fingerprint density at radius 2 is 2.00 bits per heavy atom. The zero-order chi connectivity index (χ0) is 19.9. The van der Waals surface area contributed by atoms with Crippen molar-refractivity contribution in [2.45, 2.75) is 18.9 Å². The van der Waals surface area contributed by atoms with Gasteiger partial charge in [0.15, 0.2) is 5.65 Å². The van der Waals surface area contributed by atoms with Crippen LogP contribution >= 0.6 is 11.3 Å². The first kappa shape index (κ1) is 18.6. The molecule has 3 N–H and O–H groups in total. The number of H-pyrrole nitrogens is 1. The van der Waals surface area contributed by atoms with E-state index in [-0.39, 0.29) is 34.5 Å². The van der Waals surface area contributed by atoms with Gasteiger partial charge in [-0.3, -0.25) is 4.79 Å². The third kappa shape index (κ3) is 3.62. The van der Waals surface area contributed by atoms with Crippen LogP contribution in [0.2, 0.25) is 0 Å². The molecular formula is C17H16N4O5S2. The third-order valence-corrected chi connectivity index (χ3v) is 7.41. The quantitative estimate of drug-likeness (QED) is 0.583. The molecule has 28 heavy (non-hydrogen) atoms. The number of nitrogens with zero attached hydrogens (tertiary/aromatic N) is 2. The summed E-state index contributed by atoms with van der Waals surface area (Å²) >= 11 is 1.22. The molecule has 0 atom stereocenters. The van der Waals surface area contributed by atoms with Crippen molar-refractivity contribution < 1.29 is 23.1 Å².